The first-order valence-electron chi connectivity index (χ1n) is 5.65. The maximum atomic E-state index is 9.96. The fraction of sp³-hybridized carbons (Fsp3) is 1.00. The van der Waals surface area contributed by atoms with Gasteiger partial charge in [0.1, 0.15) is 0 Å². The molecule has 2 heteroatoms. The summed E-state index contributed by atoms with van der Waals surface area (Å²) in [6.07, 6.45) is 7.64. The first kappa shape index (κ1) is 8.25. The first-order valence-corrected chi connectivity index (χ1v) is 5.65. The molecule has 3 rings (SSSR count). The Morgan fingerprint density at radius 3 is 2.00 bits per heavy atom. The van der Waals surface area contributed by atoms with Crippen molar-refractivity contribution in [3.05, 3.63) is 0 Å². The summed E-state index contributed by atoms with van der Waals surface area (Å²) in [5, 5.41) is 9.96. The predicted molar refractivity (Wildman–Crippen MR) is 51.5 cm³/mol. The predicted octanol–water partition coefficient (Wildman–Crippen LogP) is 1.39. The Kier molecular flexibility index (Phi) is 1.58. The largest absolute Gasteiger partial charge is 0.389 e. The Balaban J connectivity index is 1.48. The van der Waals surface area contributed by atoms with Crippen molar-refractivity contribution in [1.82, 2.24) is 4.90 Å². The lowest BCUT2D eigenvalue weighted by Gasteiger charge is -2.58. The standard InChI is InChI=1S/C11H19NO/c13-11(5-2-6-11)9-12-7-10(8-12)3-1-4-10/h13H,1-9H2. The molecule has 1 N–H and O–H groups in total. The molecule has 0 aromatic heterocycles. The molecule has 3 fully saturated rings. The minimum atomic E-state index is -0.286. The number of hydrogen-bond donors (Lipinski definition) is 1. The van der Waals surface area contributed by atoms with Gasteiger partial charge in [0.2, 0.25) is 0 Å². The lowest BCUT2D eigenvalue weighted by molar-refractivity contribution is -0.124. The molecule has 0 bridgehead atoms. The van der Waals surface area contributed by atoms with E-state index in [1.807, 2.05) is 0 Å². The zero-order chi connectivity index (χ0) is 8.94. The van der Waals surface area contributed by atoms with E-state index in [4.69, 9.17) is 0 Å². The van der Waals surface area contributed by atoms with Crippen molar-refractivity contribution in [3.8, 4) is 0 Å². The second kappa shape index (κ2) is 2.48. The maximum absolute atomic E-state index is 9.96. The highest BCUT2D eigenvalue weighted by Gasteiger charge is 2.49. The van der Waals surface area contributed by atoms with E-state index in [0.29, 0.717) is 0 Å². The lowest BCUT2D eigenvalue weighted by atomic mass is 9.63. The summed E-state index contributed by atoms with van der Waals surface area (Å²) in [5.41, 5.74) is 0.436. The normalized spacial score (nSPS) is 34.8. The lowest BCUT2D eigenvalue weighted by Crippen LogP contribution is -2.63. The average molecular weight is 181 g/mol. The molecule has 0 atom stereocenters. The van der Waals surface area contributed by atoms with E-state index in [0.717, 1.165) is 24.8 Å². The van der Waals surface area contributed by atoms with Gasteiger partial charge in [-0.1, -0.05) is 6.42 Å². The summed E-state index contributed by atoms with van der Waals surface area (Å²) < 4.78 is 0. The number of nitrogens with zero attached hydrogens (tertiary/aromatic N) is 1. The number of β-amino-alcohol motifs (C(OH)–C–C–N with tert-alkyl or cyclic N) is 1. The molecule has 0 amide bonds. The van der Waals surface area contributed by atoms with Gasteiger partial charge < -0.3 is 5.11 Å². The number of likely N-dealkylation sites (tertiary alicyclic amines) is 1. The molecular formula is C11H19NO. The molecule has 2 nitrogen and oxygen atoms in total. The zero-order valence-corrected chi connectivity index (χ0v) is 8.26. The quantitative estimate of drug-likeness (QED) is 0.696. The second-order valence-corrected chi connectivity index (χ2v) is 5.58. The Labute approximate surface area is 79.9 Å². The fourth-order valence-electron chi connectivity index (χ4n) is 3.17. The van der Waals surface area contributed by atoms with E-state index in [1.54, 1.807) is 0 Å². The van der Waals surface area contributed by atoms with Gasteiger partial charge in [0.15, 0.2) is 0 Å². The highest BCUT2D eigenvalue weighted by Crippen LogP contribution is 2.49. The van der Waals surface area contributed by atoms with E-state index >= 15 is 0 Å². The summed E-state index contributed by atoms with van der Waals surface area (Å²) in [6.45, 7) is 3.50. The Hall–Kier alpha value is -0.0800. The molecular weight excluding hydrogens is 162 g/mol. The highest BCUT2D eigenvalue weighted by atomic mass is 16.3. The SMILES string of the molecule is OC1(CN2CC3(CCC3)C2)CCC1. The molecule has 0 aromatic carbocycles. The van der Waals surface area contributed by atoms with Gasteiger partial charge in [0, 0.05) is 19.6 Å². The minimum absolute atomic E-state index is 0.286. The van der Waals surface area contributed by atoms with Crippen LogP contribution in [0.25, 0.3) is 0 Å². The summed E-state index contributed by atoms with van der Waals surface area (Å²) in [4.78, 5) is 2.46. The highest BCUT2D eigenvalue weighted by molar-refractivity contribution is 5.03. The van der Waals surface area contributed by atoms with E-state index in [1.165, 1.54) is 38.8 Å². The van der Waals surface area contributed by atoms with Crippen LogP contribution in [-0.2, 0) is 0 Å². The van der Waals surface area contributed by atoms with Crippen molar-refractivity contribution >= 4 is 0 Å². The number of aliphatic hydroxyl groups is 1. The third-order valence-corrected chi connectivity index (χ3v) is 4.33. The van der Waals surface area contributed by atoms with Crippen molar-refractivity contribution in [3.63, 3.8) is 0 Å². The van der Waals surface area contributed by atoms with Crippen molar-refractivity contribution in [2.24, 2.45) is 5.41 Å². The van der Waals surface area contributed by atoms with Gasteiger partial charge in [0.25, 0.3) is 0 Å². The van der Waals surface area contributed by atoms with Gasteiger partial charge in [0.05, 0.1) is 5.60 Å². The summed E-state index contributed by atoms with van der Waals surface area (Å²) in [5.74, 6) is 0. The number of hydrogen-bond acceptors (Lipinski definition) is 2. The van der Waals surface area contributed by atoms with Crippen LogP contribution in [0.1, 0.15) is 38.5 Å². The van der Waals surface area contributed by atoms with Crippen LogP contribution in [0.15, 0.2) is 0 Å². The zero-order valence-electron chi connectivity index (χ0n) is 8.26. The topological polar surface area (TPSA) is 23.5 Å². The van der Waals surface area contributed by atoms with Gasteiger partial charge in [-0.3, -0.25) is 4.90 Å². The molecule has 0 radical (unpaired) electrons. The molecule has 2 aliphatic carbocycles. The van der Waals surface area contributed by atoms with Gasteiger partial charge >= 0.3 is 0 Å². The van der Waals surface area contributed by atoms with Gasteiger partial charge in [-0.15, -0.1) is 0 Å². The van der Waals surface area contributed by atoms with Crippen LogP contribution >= 0.6 is 0 Å². The number of rotatable bonds is 2. The maximum Gasteiger partial charge on any atom is 0.0774 e. The molecule has 1 spiro atoms. The third-order valence-electron chi connectivity index (χ3n) is 4.33. The average Bonchev–Trinajstić information content (AvgIpc) is 1.88. The van der Waals surface area contributed by atoms with Crippen LogP contribution in [0.5, 0.6) is 0 Å². The molecule has 74 valence electrons. The fourth-order valence-corrected chi connectivity index (χ4v) is 3.17. The van der Waals surface area contributed by atoms with Crippen molar-refractivity contribution in [1.29, 1.82) is 0 Å². The van der Waals surface area contributed by atoms with Crippen molar-refractivity contribution < 1.29 is 5.11 Å². The van der Waals surface area contributed by atoms with Crippen LogP contribution < -0.4 is 0 Å². The molecule has 1 heterocycles. The van der Waals surface area contributed by atoms with Crippen LogP contribution in [0, 0.1) is 5.41 Å². The molecule has 0 unspecified atom stereocenters. The Morgan fingerprint density at radius 2 is 1.62 bits per heavy atom. The summed E-state index contributed by atoms with van der Waals surface area (Å²) >= 11 is 0. The molecule has 13 heavy (non-hydrogen) atoms. The van der Waals surface area contributed by atoms with E-state index in [9.17, 15) is 5.11 Å². The first-order chi connectivity index (χ1) is 6.20. The van der Waals surface area contributed by atoms with Crippen LogP contribution in [-0.4, -0.2) is 35.2 Å². The smallest absolute Gasteiger partial charge is 0.0774 e. The second-order valence-electron chi connectivity index (χ2n) is 5.58. The third kappa shape index (κ3) is 1.23. The van der Waals surface area contributed by atoms with E-state index in [2.05, 4.69) is 4.90 Å². The van der Waals surface area contributed by atoms with Gasteiger partial charge in [-0.2, -0.15) is 0 Å². The molecule has 0 aromatic rings. The molecule has 2 saturated carbocycles. The molecule has 1 aliphatic heterocycles. The summed E-state index contributed by atoms with van der Waals surface area (Å²) in [6, 6.07) is 0. The Bertz CT molecular complexity index is 210. The van der Waals surface area contributed by atoms with Crippen LogP contribution in [0.2, 0.25) is 0 Å². The molecule has 3 aliphatic rings. The van der Waals surface area contributed by atoms with Gasteiger partial charge in [-0.25, -0.2) is 0 Å². The van der Waals surface area contributed by atoms with Crippen LogP contribution in [0.4, 0.5) is 0 Å². The van der Waals surface area contributed by atoms with Crippen molar-refractivity contribution in [2.45, 2.75) is 44.1 Å². The summed E-state index contributed by atoms with van der Waals surface area (Å²) in [7, 11) is 0. The van der Waals surface area contributed by atoms with Crippen molar-refractivity contribution in [2.75, 3.05) is 19.6 Å². The Morgan fingerprint density at radius 1 is 1.00 bits per heavy atom. The van der Waals surface area contributed by atoms with Gasteiger partial charge in [-0.05, 0) is 37.5 Å². The monoisotopic (exact) mass is 181 g/mol. The van der Waals surface area contributed by atoms with E-state index in [-0.39, 0.29) is 5.60 Å². The minimum Gasteiger partial charge on any atom is -0.389 e. The van der Waals surface area contributed by atoms with Crippen LogP contribution in [0.3, 0.4) is 0 Å². The van der Waals surface area contributed by atoms with E-state index < -0.39 is 0 Å². The molecule has 1 saturated heterocycles.